The van der Waals surface area contributed by atoms with E-state index in [1.165, 1.54) is 12.1 Å². The van der Waals surface area contributed by atoms with Crippen LogP contribution in [-0.4, -0.2) is 47.4 Å². The van der Waals surface area contributed by atoms with Gasteiger partial charge in [0.1, 0.15) is 12.4 Å². The molecule has 0 amide bonds. The van der Waals surface area contributed by atoms with E-state index in [-0.39, 0.29) is 47.6 Å². The van der Waals surface area contributed by atoms with Crippen molar-refractivity contribution in [3.8, 4) is 5.75 Å². The second-order valence-corrected chi connectivity index (χ2v) is 8.68. The summed E-state index contributed by atoms with van der Waals surface area (Å²) in [6, 6.07) is 5.04. The number of hydrogen-bond donors (Lipinski definition) is 2. The Labute approximate surface area is 189 Å². The molecule has 0 aliphatic heterocycles. The molecule has 166 valence electrons. The Bertz CT molecular complexity index is 689. The molecule has 0 aromatic heterocycles. The third-order valence-electron chi connectivity index (χ3n) is 4.67. The van der Waals surface area contributed by atoms with Gasteiger partial charge in [-0.05, 0) is 37.5 Å². The summed E-state index contributed by atoms with van der Waals surface area (Å²) in [6.07, 6.45) is -0.511. The van der Waals surface area contributed by atoms with Crippen molar-refractivity contribution in [3.63, 3.8) is 0 Å². The molecule has 10 heteroatoms. The lowest BCUT2D eigenvalue weighted by molar-refractivity contribution is -0.137. The van der Waals surface area contributed by atoms with E-state index in [1.807, 2.05) is 6.92 Å². The normalized spacial score (nSPS) is 21.1. The van der Waals surface area contributed by atoms with Gasteiger partial charge in [-0.3, -0.25) is 9.20 Å². The second-order valence-electron chi connectivity index (χ2n) is 6.67. The van der Waals surface area contributed by atoms with Crippen molar-refractivity contribution in [1.29, 1.82) is 0 Å². The third kappa shape index (κ3) is 8.69. The van der Waals surface area contributed by atoms with E-state index in [4.69, 9.17) is 4.74 Å². The molecule has 0 saturated heterocycles. The summed E-state index contributed by atoms with van der Waals surface area (Å²) in [5.41, 5.74) is -0.730. The van der Waals surface area contributed by atoms with Crippen molar-refractivity contribution in [2.45, 2.75) is 50.1 Å². The van der Waals surface area contributed by atoms with Gasteiger partial charge in [-0.2, -0.15) is 13.2 Å². The first-order chi connectivity index (χ1) is 13.3. The first kappa shape index (κ1) is 26.0. The number of aliphatic imine (C=N–C) groups is 1. The Hall–Kier alpha value is -1.04. The van der Waals surface area contributed by atoms with E-state index < -0.39 is 22.5 Å². The quantitative estimate of drug-likeness (QED) is 0.235. The molecule has 1 fully saturated rings. The minimum atomic E-state index is -4.39. The number of rotatable bonds is 7. The smallest absolute Gasteiger partial charge is 0.416 e. The van der Waals surface area contributed by atoms with Gasteiger partial charge < -0.3 is 15.4 Å². The molecule has 0 bridgehead atoms. The zero-order valence-corrected chi connectivity index (χ0v) is 19.8. The molecule has 1 aliphatic carbocycles. The lowest BCUT2D eigenvalue weighted by Gasteiger charge is -2.30. The van der Waals surface area contributed by atoms with Crippen LogP contribution in [0.2, 0.25) is 0 Å². The largest absolute Gasteiger partial charge is 0.492 e. The minimum absolute atomic E-state index is 0. The molecule has 1 aromatic carbocycles. The van der Waals surface area contributed by atoms with Gasteiger partial charge in [-0.25, -0.2) is 0 Å². The van der Waals surface area contributed by atoms with Crippen LogP contribution in [0.15, 0.2) is 29.3 Å². The van der Waals surface area contributed by atoms with Crippen LogP contribution in [0.1, 0.15) is 38.2 Å². The molecule has 3 atom stereocenters. The SMILES string of the molecule is CCS(=O)C1CCCC(NC(=NC)NCCOc2cccc(C(F)(F)F)c2)C1.I. The summed E-state index contributed by atoms with van der Waals surface area (Å²) < 4.78 is 55.6. The number of halogens is 4. The monoisotopic (exact) mass is 547 g/mol. The third-order valence-corrected chi connectivity index (χ3v) is 6.41. The Morgan fingerprint density at radius 3 is 2.76 bits per heavy atom. The molecular formula is C19H29F3IN3O2S. The number of benzene rings is 1. The summed E-state index contributed by atoms with van der Waals surface area (Å²) in [4.78, 5) is 4.18. The van der Waals surface area contributed by atoms with Crippen molar-refractivity contribution in [2.24, 2.45) is 4.99 Å². The molecule has 0 spiro atoms. The van der Waals surface area contributed by atoms with Crippen LogP contribution < -0.4 is 15.4 Å². The molecule has 2 rings (SSSR count). The zero-order valence-electron chi connectivity index (χ0n) is 16.6. The maximum Gasteiger partial charge on any atom is 0.416 e. The van der Waals surface area contributed by atoms with Crippen molar-refractivity contribution in [3.05, 3.63) is 29.8 Å². The summed E-state index contributed by atoms with van der Waals surface area (Å²) in [5, 5.41) is 6.67. The van der Waals surface area contributed by atoms with Gasteiger partial charge in [-0.1, -0.05) is 19.4 Å². The highest BCUT2D eigenvalue weighted by molar-refractivity contribution is 14.0. The summed E-state index contributed by atoms with van der Waals surface area (Å²) in [6.45, 7) is 2.54. The number of hydrogen-bond acceptors (Lipinski definition) is 3. The average molecular weight is 547 g/mol. The maximum atomic E-state index is 12.7. The van der Waals surface area contributed by atoms with E-state index in [1.54, 1.807) is 7.05 Å². The van der Waals surface area contributed by atoms with E-state index in [2.05, 4.69) is 15.6 Å². The van der Waals surface area contributed by atoms with E-state index in [0.717, 1.165) is 37.8 Å². The van der Waals surface area contributed by atoms with Crippen LogP contribution >= 0.6 is 24.0 Å². The molecule has 0 radical (unpaired) electrons. The Balaban J connectivity index is 0.00000420. The van der Waals surface area contributed by atoms with Crippen LogP contribution in [0, 0.1) is 0 Å². The van der Waals surface area contributed by atoms with Crippen LogP contribution in [0.3, 0.4) is 0 Å². The van der Waals surface area contributed by atoms with Crippen molar-refractivity contribution in [2.75, 3.05) is 26.0 Å². The van der Waals surface area contributed by atoms with Crippen LogP contribution in [-0.2, 0) is 17.0 Å². The summed E-state index contributed by atoms with van der Waals surface area (Å²) >= 11 is 0. The zero-order chi connectivity index (χ0) is 20.6. The molecule has 5 nitrogen and oxygen atoms in total. The number of alkyl halides is 3. The van der Waals surface area contributed by atoms with E-state index in [0.29, 0.717) is 18.3 Å². The molecule has 0 heterocycles. The average Bonchev–Trinajstić information content (AvgIpc) is 2.69. The van der Waals surface area contributed by atoms with Gasteiger partial charge in [0, 0.05) is 34.9 Å². The molecule has 3 unspecified atom stereocenters. The van der Waals surface area contributed by atoms with Gasteiger partial charge in [0.25, 0.3) is 0 Å². The first-order valence-electron chi connectivity index (χ1n) is 9.48. The number of guanidine groups is 1. The Morgan fingerprint density at radius 1 is 1.34 bits per heavy atom. The fourth-order valence-electron chi connectivity index (χ4n) is 3.24. The Kier molecular flexibility index (Phi) is 11.3. The highest BCUT2D eigenvalue weighted by atomic mass is 127. The van der Waals surface area contributed by atoms with Crippen molar-refractivity contribution < 1.29 is 22.1 Å². The van der Waals surface area contributed by atoms with Gasteiger partial charge in [-0.15, -0.1) is 24.0 Å². The highest BCUT2D eigenvalue weighted by Gasteiger charge is 2.30. The predicted octanol–water partition coefficient (Wildman–Crippen LogP) is 3.95. The second kappa shape index (κ2) is 12.6. The van der Waals surface area contributed by atoms with Gasteiger partial charge >= 0.3 is 6.18 Å². The maximum absolute atomic E-state index is 12.7. The minimum Gasteiger partial charge on any atom is -0.492 e. The van der Waals surface area contributed by atoms with Gasteiger partial charge in [0.05, 0.1) is 12.1 Å². The molecule has 1 aromatic rings. The molecule has 1 aliphatic rings. The lowest BCUT2D eigenvalue weighted by Crippen LogP contribution is -2.47. The fraction of sp³-hybridized carbons (Fsp3) is 0.632. The van der Waals surface area contributed by atoms with Crippen LogP contribution in [0.5, 0.6) is 5.75 Å². The number of nitrogens with zero attached hydrogens (tertiary/aromatic N) is 1. The lowest BCUT2D eigenvalue weighted by atomic mass is 9.95. The Morgan fingerprint density at radius 2 is 2.10 bits per heavy atom. The van der Waals surface area contributed by atoms with Crippen molar-refractivity contribution >= 4 is 40.7 Å². The number of nitrogens with one attached hydrogen (secondary N) is 2. The number of ether oxygens (including phenoxy) is 1. The molecule has 1 saturated carbocycles. The highest BCUT2D eigenvalue weighted by Crippen LogP contribution is 2.31. The molecular weight excluding hydrogens is 518 g/mol. The predicted molar refractivity (Wildman–Crippen MR) is 122 cm³/mol. The van der Waals surface area contributed by atoms with E-state index >= 15 is 0 Å². The summed E-state index contributed by atoms with van der Waals surface area (Å²) in [7, 11) is 0.873. The van der Waals surface area contributed by atoms with Crippen LogP contribution in [0.4, 0.5) is 13.2 Å². The first-order valence-corrected chi connectivity index (χ1v) is 10.9. The molecule has 29 heavy (non-hydrogen) atoms. The van der Waals surface area contributed by atoms with Crippen molar-refractivity contribution in [1.82, 2.24) is 10.6 Å². The van der Waals surface area contributed by atoms with E-state index in [9.17, 15) is 17.4 Å². The van der Waals surface area contributed by atoms with Crippen LogP contribution in [0.25, 0.3) is 0 Å². The fourth-order valence-corrected chi connectivity index (χ4v) is 4.59. The molecule has 2 N–H and O–H groups in total. The van der Waals surface area contributed by atoms with Gasteiger partial charge in [0.15, 0.2) is 5.96 Å². The summed E-state index contributed by atoms with van der Waals surface area (Å²) in [5.74, 6) is 1.47. The topological polar surface area (TPSA) is 62.7 Å². The standard InChI is InChI=1S/C19H28F3N3O2S.HI/c1-3-28(26)17-9-5-7-15(13-17)25-18(23-2)24-10-11-27-16-8-4-6-14(12-16)19(20,21)22;/h4,6,8,12,15,17H,3,5,7,9-11,13H2,1-2H3,(H2,23,24,25);1H. The van der Waals surface area contributed by atoms with Gasteiger partial charge in [0.2, 0.25) is 0 Å².